The van der Waals surface area contributed by atoms with Crippen LogP contribution >= 0.6 is 0 Å². The zero-order valence-electron chi connectivity index (χ0n) is 14.8. The third-order valence-corrected chi connectivity index (χ3v) is 6.53. The molecule has 0 aromatic carbocycles. The Bertz CT molecular complexity index is 270. The average Bonchev–Trinajstić information content (AvgIpc) is 2.48. The zero-order chi connectivity index (χ0) is 17.6. The minimum atomic E-state index is -4.36. The summed E-state index contributed by atoms with van der Waals surface area (Å²) in [5, 5.41) is 0. The lowest BCUT2D eigenvalue weighted by atomic mass is 10.1. The summed E-state index contributed by atoms with van der Waals surface area (Å²) >= 11 is 0. The maximum absolute atomic E-state index is 12.4. The van der Waals surface area contributed by atoms with E-state index in [2.05, 4.69) is 6.92 Å². The molecule has 0 heterocycles. The monoisotopic (exact) mass is 358 g/mol. The second-order valence-corrected chi connectivity index (χ2v) is 8.41. The van der Waals surface area contributed by atoms with Crippen LogP contribution in [0.2, 0.25) is 6.04 Å². The van der Waals surface area contributed by atoms with Gasteiger partial charge in [0.15, 0.2) is 0 Å². The molecule has 0 aromatic rings. The van der Waals surface area contributed by atoms with Crippen LogP contribution in [0.15, 0.2) is 0 Å². The SMILES string of the molecule is CCCCCCCCCC[Si](OCC)(OCC)OCC(F)(F)F. The predicted octanol–water partition coefficient (Wildman–Crippen LogP) is 5.72. The number of rotatable bonds is 15. The maximum Gasteiger partial charge on any atom is 0.501 e. The first-order chi connectivity index (χ1) is 10.9. The van der Waals surface area contributed by atoms with Gasteiger partial charge in [-0.25, -0.2) is 0 Å². The van der Waals surface area contributed by atoms with E-state index >= 15 is 0 Å². The third-order valence-electron chi connectivity index (χ3n) is 3.52. The van der Waals surface area contributed by atoms with Gasteiger partial charge in [-0.1, -0.05) is 51.9 Å². The van der Waals surface area contributed by atoms with Crippen molar-refractivity contribution in [2.45, 2.75) is 84.4 Å². The Kier molecular flexibility index (Phi) is 13.1. The first-order valence-electron chi connectivity index (χ1n) is 8.87. The Balaban J connectivity index is 4.18. The molecule has 0 amide bonds. The van der Waals surface area contributed by atoms with Crippen molar-refractivity contribution in [2.75, 3.05) is 19.8 Å². The highest BCUT2D eigenvalue weighted by Gasteiger charge is 2.43. The molecule has 23 heavy (non-hydrogen) atoms. The lowest BCUT2D eigenvalue weighted by Crippen LogP contribution is -2.47. The normalized spacial score (nSPS) is 12.8. The van der Waals surface area contributed by atoms with Crippen molar-refractivity contribution in [3.8, 4) is 0 Å². The van der Waals surface area contributed by atoms with Crippen molar-refractivity contribution in [1.82, 2.24) is 0 Å². The molecule has 7 heteroatoms. The Morgan fingerprint density at radius 2 is 1.17 bits per heavy atom. The first-order valence-corrected chi connectivity index (χ1v) is 10.8. The van der Waals surface area contributed by atoms with Crippen LogP contribution in [0.4, 0.5) is 13.2 Å². The molecule has 0 aliphatic carbocycles. The van der Waals surface area contributed by atoms with Gasteiger partial charge in [0.1, 0.15) is 6.61 Å². The molecule has 0 fully saturated rings. The standard InChI is InChI=1S/C16H33F3O3Si/c1-4-7-8-9-10-11-12-13-14-23(20-5-2,21-6-3)22-15-16(17,18)19/h4-15H2,1-3H3. The van der Waals surface area contributed by atoms with E-state index in [1.807, 2.05) is 0 Å². The molecular weight excluding hydrogens is 325 g/mol. The number of alkyl halides is 3. The van der Waals surface area contributed by atoms with Gasteiger partial charge in [0.2, 0.25) is 0 Å². The van der Waals surface area contributed by atoms with E-state index < -0.39 is 21.6 Å². The van der Waals surface area contributed by atoms with Crippen molar-refractivity contribution >= 4 is 8.80 Å². The van der Waals surface area contributed by atoms with Gasteiger partial charge in [-0.05, 0) is 20.3 Å². The fourth-order valence-electron chi connectivity index (χ4n) is 2.45. The second kappa shape index (κ2) is 13.2. The van der Waals surface area contributed by atoms with Crippen molar-refractivity contribution < 1.29 is 26.4 Å². The summed E-state index contributed by atoms with van der Waals surface area (Å²) in [6.45, 7) is 5.02. The molecule has 0 saturated carbocycles. The number of halogens is 3. The Hall–Kier alpha value is -0.113. The van der Waals surface area contributed by atoms with Gasteiger partial charge in [-0.3, -0.25) is 0 Å². The predicted molar refractivity (Wildman–Crippen MR) is 88.4 cm³/mol. The van der Waals surface area contributed by atoms with Gasteiger partial charge >= 0.3 is 15.0 Å². The van der Waals surface area contributed by atoms with Gasteiger partial charge in [-0.2, -0.15) is 13.2 Å². The van der Waals surface area contributed by atoms with Gasteiger partial charge in [0, 0.05) is 19.3 Å². The lowest BCUT2D eigenvalue weighted by molar-refractivity contribution is -0.164. The highest BCUT2D eigenvalue weighted by Crippen LogP contribution is 2.24. The van der Waals surface area contributed by atoms with E-state index in [9.17, 15) is 13.2 Å². The molecule has 0 N–H and O–H groups in total. The van der Waals surface area contributed by atoms with Gasteiger partial charge in [0.25, 0.3) is 0 Å². The summed E-state index contributed by atoms with van der Waals surface area (Å²) in [6, 6.07) is 0.458. The largest absolute Gasteiger partial charge is 0.501 e. The van der Waals surface area contributed by atoms with Crippen LogP contribution in [0.25, 0.3) is 0 Å². The number of unbranched alkanes of at least 4 members (excludes halogenated alkanes) is 7. The van der Waals surface area contributed by atoms with E-state index in [-0.39, 0.29) is 0 Å². The quantitative estimate of drug-likeness (QED) is 0.277. The summed E-state index contributed by atoms with van der Waals surface area (Å²) in [5.74, 6) is 0. The summed E-state index contributed by atoms with van der Waals surface area (Å²) in [7, 11) is -3.21. The molecule has 0 rings (SSSR count). The zero-order valence-corrected chi connectivity index (χ0v) is 15.8. The van der Waals surface area contributed by atoms with E-state index in [0.717, 1.165) is 19.3 Å². The molecule has 140 valence electrons. The van der Waals surface area contributed by atoms with Gasteiger partial charge in [-0.15, -0.1) is 0 Å². The average molecular weight is 359 g/mol. The Morgan fingerprint density at radius 3 is 1.61 bits per heavy atom. The molecule has 0 unspecified atom stereocenters. The van der Waals surface area contributed by atoms with Crippen LogP contribution in [0.1, 0.15) is 72.1 Å². The summed E-state index contributed by atoms with van der Waals surface area (Å²) in [4.78, 5) is 0. The van der Waals surface area contributed by atoms with Gasteiger partial charge in [0.05, 0.1) is 0 Å². The summed E-state index contributed by atoms with van der Waals surface area (Å²) in [5.41, 5.74) is 0. The van der Waals surface area contributed by atoms with Crippen molar-refractivity contribution in [1.29, 1.82) is 0 Å². The van der Waals surface area contributed by atoms with Crippen molar-refractivity contribution in [3.05, 3.63) is 0 Å². The maximum atomic E-state index is 12.4. The fourth-order valence-corrected chi connectivity index (χ4v) is 5.08. The third kappa shape index (κ3) is 12.9. The van der Waals surface area contributed by atoms with Crippen LogP contribution < -0.4 is 0 Å². The highest BCUT2D eigenvalue weighted by molar-refractivity contribution is 6.60. The molecule has 0 aromatic heterocycles. The molecule has 0 bridgehead atoms. The van der Waals surface area contributed by atoms with Crippen molar-refractivity contribution in [2.24, 2.45) is 0 Å². The fraction of sp³-hybridized carbons (Fsp3) is 1.00. The Labute approximate surface area is 140 Å². The van der Waals surface area contributed by atoms with Crippen LogP contribution in [0.5, 0.6) is 0 Å². The highest BCUT2D eigenvalue weighted by atomic mass is 28.4. The van der Waals surface area contributed by atoms with Crippen molar-refractivity contribution in [3.63, 3.8) is 0 Å². The van der Waals surface area contributed by atoms with Gasteiger partial charge < -0.3 is 13.3 Å². The number of hydrogen-bond donors (Lipinski definition) is 0. The molecule has 0 spiro atoms. The van der Waals surface area contributed by atoms with Crippen LogP contribution in [0.3, 0.4) is 0 Å². The van der Waals surface area contributed by atoms with Crippen LogP contribution in [0, 0.1) is 0 Å². The number of hydrogen-bond acceptors (Lipinski definition) is 3. The molecule has 0 aliphatic heterocycles. The second-order valence-electron chi connectivity index (χ2n) is 5.68. The topological polar surface area (TPSA) is 27.7 Å². The molecule has 0 saturated heterocycles. The van der Waals surface area contributed by atoms with Crippen LogP contribution in [-0.2, 0) is 13.3 Å². The van der Waals surface area contributed by atoms with E-state index in [1.54, 1.807) is 13.8 Å². The molecule has 0 atom stereocenters. The van der Waals surface area contributed by atoms with E-state index in [0.29, 0.717) is 19.3 Å². The molecule has 0 radical (unpaired) electrons. The smallest absolute Gasteiger partial charge is 0.374 e. The van der Waals surface area contributed by atoms with Crippen LogP contribution in [-0.4, -0.2) is 34.8 Å². The first kappa shape index (κ1) is 22.9. The summed E-state index contributed by atoms with van der Waals surface area (Å²) < 4.78 is 53.5. The minimum absolute atomic E-state index is 0.307. The minimum Gasteiger partial charge on any atom is -0.374 e. The van der Waals surface area contributed by atoms with E-state index in [1.165, 1.54) is 32.1 Å². The molecule has 3 nitrogen and oxygen atoms in total. The lowest BCUT2D eigenvalue weighted by Gasteiger charge is -2.29. The Morgan fingerprint density at radius 1 is 0.696 bits per heavy atom. The van der Waals surface area contributed by atoms with E-state index in [4.69, 9.17) is 13.3 Å². The summed E-state index contributed by atoms with van der Waals surface area (Å²) in [6.07, 6.45) is 4.70. The molecular formula is C16H33F3O3Si. The molecule has 0 aliphatic rings.